The van der Waals surface area contributed by atoms with E-state index in [1.54, 1.807) is 35.5 Å². The molecule has 0 aliphatic rings. The van der Waals surface area contributed by atoms with E-state index in [4.69, 9.17) is 4.74 Å². The van der Waals surface area contributed by atoms with Gasteiger partial charge >= 0.3 is 0 Å². The number of ether oxygens (including phenoxy) is 1. The number of hydrogen-bond acceptors (Lipinski definition) is 6. The Kier molecular flexibility index (Phi) is 5.94. The Labute approximate surface area is 178 Å². The van der Waals surface area contributed by atoms with Gasteiger partial charge in [-0.3, -0.25) is 4.79 Å². The van der Waals surface area contributed by atoms with Crippen molar-refractivity contribution in [2.75, 3.05) is 12.4 Å². The van der Waals surface area contributed by atoms with Gasteiger partial charge in [-0.25, -0.2) is 4.98 Å². The highest BCUT2D eigenvalue weighted by atomic mass is 32.2. The lowest BCUT2D eigenvalue weighted by molar-refractivity contribution is 0.102. The lowest BCUT2D eigenvalue weighted by Gasteiger charge is -2.10. The highest BCUT2D eigenvalue weighted by Gasteiger charge is 2.12. The quantitative estimate of drug-likeness (QED) is 0.445. The third kappa shape index (κ3) is 4.28. The van der Waals surface area contributed by atoms with Gasteiger partial charge < -0.3 is 10.1 Å². The third-order valence-electron chi connectivity index (χ3n) is 4.46. The zero-order chi connectivity index (χ0) is 20.9. The van der Waals surface area contributed by atoms with E-state index in [0.717, 1.165) is 28.5 Å². The maximum Gasteiger partial charge on any atom is 0.259 e. The van der Waals surface area contributed by atoms with Gasteiger partial charge in [-0.1, -0.05) is 37.2 Å². The number of nitrogens with zero attached hydrogens (tertiary/aromatic N) is 4. The summed E-state index contributed by atoms with van der Waals surface area (Å²) < 4.78 is 7.00. The van der Waals surface area contributed by atoms with Crippen molar-refractivity contribution in [3.05, 3.63) is 72.2 Å². The van der Waals surface area contributed by atoms with E-state index in [-0.39, 0.29) is 5.91 Å². The molecule has 8 heteroatoms. The third-order valence-corrected chi connectivity index (χ3v) is 5.47. The van der Waals surface area contributed by atoms with Gasteiger partial charge in [0.2, 0.25) is 0 Å². The molecule has 152 valence electrons. The first-order chi connectivity index (χ1) is 14.7. The van der Waals surface area contributed by atoms with Crippen LogP contribution in [0.3, 0.4) is 0 Å². The standard InChI is InChI=1S/C22H21N5O2S/c1-3-6-16-13-20(27-22(26-16)23-14-24-27)30-17-11-9-15(10-12-17)25-21(28)18-7-4-5-8-19(18)29-2/h4-5,7-14H,3,6H2,1-2H3,(H,25,28). The summed E-state index contributed by atoms with van der Waals surface area (Å²) in [6.07, 6.45) is 3.42. The summed E-state index contributed by atoms with van der Waals surface area (Å²) >= 11 is 1.58. The number of aryl methyl sites for hydroxylation is 1. The molecule has 30 heavy (non-hydrogen) atoms. The van der Waals surface area contributed by atoms with E-state index >= 15 is 0 Å². The number of nitrogens with one attached hydrogen (secondary N) is 1. The molecule has 0 unspecified atom stereocenters. The fourth-order valence-electron chi connectivity index (χ4n) is 3.05. The van der Waals surface area contributed by atoms with Crippen LogP contribution in [0.5, 0.6) is 5.75 Å². The number of methoxy groups -OCH3 is 1. The highest BCUT2D eigenvalue weighted by Crippen LogP contribution is 2.29. The molecule has 0 bridgehead atoms. The van der Waals surface area contributed by atoms with Crippen LogP contribution >= 0.6 is 11.8 Å². The number of rotatable bonds is 7. The summed E-state index contributed by atoms with van der Waals surface area (Å²) in [4.78, 5) is 22.3. The van der Waals surface area contributed by atoms with Crippen molar-refractivity contribution in [3.63, 3.8) is 0 Å². The maximum absolute atomic E-state index is 12.6. The lowest BCUT2D eigenvalue weighted by Crippen LogP contribution is -2.12. The van der Waals surface area contributed by atoms with Gasteiger partial charge in [-0.2, -0.15) is 14.6 Å². The first-order valence-corrected chi connectivity index (χ1v) is 10.4. The predicted molar refractivity (Wildman–Crippen MR) is 116 cm³/mol. The molecule has 0 saturated carbocycles. The fraction of sp³-hybridized carbons (Fsp3) is 0.182. The summed E-state index contributed by atoms with van der Waals surface area (Å²) in [5.74, 6) is 0.930. The molecule has 0 radical (unpaired) electrons. The van der Waals surface area contributed by atoms with Gasteiger partial charge in [0.05, 0.1) is 12.7 Å². The molecule has 2 aromatic heterocycles. The molecule has 0 aliphatic heterocycles. The average Bonchev–Trinajstić information content (AvgIpc) is 3.24. The first-order valence-electron chi connectivity index (χ1n) is 9.60. The minimum Gasteiger partial charge on any atom is -0.496 e. The van der Waals surface area contributed by atoms with Crippen LogP contribution in [-0.4, -0.2) is 32.6 Å². The molecule has 1 amide bonds. The number of amides is 1. The Morgan fingerprint density at radius 1 is 1.17 bits per heavy atom. The second-order valence-electron chi connectivity index (χ2n) is 6.59. The van der Waals surface area contributed by atoms with E-state index in [2.05, 4.69) is 27.3 Å². The van der Waals surface area contributed by atoms with Crippen molar-refractivity contribution in [3.8, 4) is 5.75 Å². The second-order valence-corrected chi connectivity index (χ2v) is 7.68. The molecule has 0 fully saturated rings. The first kappa shape index (κ1) is 19.9. The van der Waals surface area contributed by atoms with Crippen LogP contribution in [0.25, 0.3) is 5.78 Å². The number of fused-ring (bicyclic) bond motifs is 1. The van der Waals surface area contributed by atoms with Crippen molar-refractivity contribution in [1.82, 2.24) is 19.6 Å². The van der Waals surface area contributed by atoms with Crippen LogP contribution in [-0.2, 0) is 6.42 Å². The zero-order valence-corrected chi connectivity index (χ0v) is 17.5. The van der Waals surface area contributed by atoms with E-state index in [0.29, 0.717) is 22.8 Å². The maximum atomic E-state index is 12.6. The zero-order valence-electron chi connectivity index (χ0n) is 16.7. The van der Waals surface area contributed by atoms with Crippen LogP contribution in [0.4, 0.5) is 5.69 Å². The van der Waals surface area contributed by atoms with Gasteiger partial charge in [-0.15, -0.1) is 0 Å². The molecule has 4 aromatic rings. The number of carbonyl (C=O) groups excluding carboxylic acids is 1. The number of benzene rings is 2. The van der Waals surface area contributed by atoms with Crippen LogP contribution in [0.2, 0.25) is 0 Å². The summed E-state index contributed by atoms with van der Waals surface area (Å²) in [5, 5.41) is 8.14. The largest absolute Gasteiger partial charge is 0.496 e. The monoisotopic (exact) mass is 419 g/mol. The Morgan fingerprint density at radius 2 is 1.97 bits per heavy atom. The van der Waals surface area contributed by atoms with Crippen LogP contribution in [0.1, 0.15) is 29.4 Å². The van der Waals surface area contributed by atoms with Crippen LogP contribution in [0.15, 0.2) is 70.8 Å². The van der Waals surface area contributed by atoms with E-state index < -0.39 is 0 Å². The molecule has 0 aliphatic carbocycles. The number of para-hydroxylation sites is 1. The Balaban J connectivity index is 1.51. The molecular formula is C22H21N5O2S. The Bertz CT molecular complexity index is 1170. The van der Waals surface area contributed by atoms with Crippen molar-refractivity contribution < 1.29 is 9.53 Å². The Hall–Kier alpha value is -3.39. The summed E-state index contributed by atoms with van der Waals surface area (Å²) in [5.41, 5.74) is 2.20. The normalized spacial score (nSPS) is 10.9. The summed E-state index contributed by atoms with van der Waals surface area (Å²) in [6, 6.07) is 16.9. The minimum absolute atomic E-state index is 0.212. The van der Waals surface area contributed by atoms with E-state index in [1.165, 1.54) is 6.33 Å². The fourth-order valence-corrected chi connectivity index (χ4v) is 3.97. The molecule has 2 aromatic carbocycles. The number of anilines is 1. The summed E-state index contributed by atoms with van der Waals surface area (Å²) in [6.45, 7) is 2.13. The predicted octanol–water partition coefficient (Wildman–Crippen LogP) is 4.49. The number of hydrogen-bond donors (Lipinski definition) is 1. The van der Waals surface area contributed by atoms with Crippen molar-refractivity contribution in [2.45, 2.75) is 29.7 Å². The van der Waals surface area contributed by atoms with Crippen LogP contribution in [0, 0.1) is 0 Å². The molecule has 1 N–H and O–H groups in total. The summed E-state index contributed by atoms with van der Waals surface area (Å²) in [7, 11) is 1.55. The topological polar surface area (TPSA) is 81.4 Å². The highest BCUT2D eigenvalue weighted by molar-refractivity contribution is 7.99. The Morgan fingerprint density at radius 3 is 2.73 bits per heavy atom. The molecule has 0 atom stereocenters. The average molecular weight is 420 g/mol. The van der Waals surface area contributed by atoms with E-state index in [1.807, 2.05) is 42.5 Å². The van der Waals surface area contributed by atoms with Crippen molar-refractivity contribution in [2.24, 2.45) is 0 Å². The molecule has 0 spiro atoms. The van der Waals surface area contributed by atoms with Gasteiger partial charge in [0.15, 0.2) is 0 Å². The molecular weight excluding hydrogens is 398 g/mol. The second kappa shape index (κ2) is 8.96. The van der Waals surface area contributed by atoms with Crippen molar-refractivity contribution in [1.29, 1.82) is 0 Å². The smallest absolute Gasteiger partial charge is 0.259 e. The van der Waals surface area contributed by atoms with Crippen molar-refractivity contribution >= 4 is 29.1 Å². The van der Waals surface area contributed by atoms with Gasteiger partial charge in [0, 0.05) is 16.3 Å². The number of aromatic nitrogens is 4. The van der Waals surface area contributed by atoms with Crippen LogP contribution < -0.4 is 10.1 Å². The van der Waals surface area contributed by atoms with Gasteiger partial charge in [-0.05, 0) is 48.9 Å². The molecule has 7 nitrogen and oxygen atoms in total. The lowest BCUT2D eigenvalue weighted by atomic mass is 10.2. The molecule has 4 rings (SSSR count). The van der Waals surface area contributed by atoms with Gasteiger partial charge in [0.1, 0.15) is 17.1 Å². The van der Waals surface area contributed by atoms with E-state index in [9.17, 15) is 4.79 Å². The SMILES string of the molecule is CCCc1cc(Sc2ccc(NC(=O)c3ccccc3OC)cc2)n2ncnc2n1. The molecule has 2 heterocycles. The van der Waals surface area contributed by atoms with Gasteiger partial charge in [0.25, 0.3) is 11.7 Å². The minimum atomic E-state index is -0.212. The molecule has 0 saturated heterocycles. The number of carbonyl (C=O) groups is 1.